The van der Waals surface area contributed by atoms with Crippen LogP contribution in [0.1, 0.15) is 23.7 Å². The maximum absolute atomic E-state index is 13.7. The number of hydrogen-bond acceptors (Lipinski definition) is 5. The lowest BCUT2D eigenvalue weighted by Crippen LogP contribution is -2.09. The van der Waals surface area contributed by atoms with Gasteiger partial charge in [0.05, 0.1) is 6.20 Å². The summed E-state index contributed by atoms with van der Waals surface area (Å²) in [4.78, 5) is 10.6. The fraction of sp³-hybridized carbons (Fsp3) is 0.308. The highest BCUT2D eigenvalue weighted by Crippen LogP contribution is 2.32. The molecule has 0 saturated carbocycles. The third-order valence-corrected chi connectivity index (χ3v) is 3.68. The summed E-state index contributed by atoms with van der Waals surface area (Å²) in [5.41, 5.74) is -0.250. The second-order valence-corrected chi connectivity index (χ2v) is 5.24. The van der Waals surface area contributed by atoms with E-state index in [1.807, 2.05) is 6.92 Å². The van der Waals surface area contributed by atoms with E-state index in [4.69, 9.17) is 0 Å². The third-order valence-electron chi connectivity index (χ3n) is 2.80. The second kappa shape index (κ2) is 6.47. The van der Waals surface area contributed by atoms with E-state index in [0.717, 1.165) is 18.0 Å². The van der Waals surface area contributed by atoms with Crippen molar-refractivity contribution in [2.24, 2.45) is 0 Å². The van der Waals surface area contributed by atoms with Gasteiger partial charge in [0, 0.05) is 23.6 Å². The summed E-state index contributed by atoms with van der Waals surface area (Å²) < 4.78 is 51.6. The number of alkyl halides is 3. The summed E-state index contributed by atoms with van der Waals surface area (Å²) in [7, 11) is 0. The molecule has 2 aromatic rings. The Morgan fingerprint density at radius 1 is 1.23 bits per heavy atom. The van der Waals surface area contributed by atoms with Gasteiger partial charge in [0.15, 0.2) is 10.9 Å². The van der Waals surface area contributed by atoms with Crippen LogP contribution in [0.15, 0.2) is 23.6 Å². The van der Waals surface area contributed by atoms with Crippen molar-refractivity contribution in [1.29, 1.82) is 0 Å². The summed E-state index contributed by atoms with van der Waals surface area (Å²) in [6.45, 7) is 1.82. The molecule has 9 heteroatoms. The van der Waals surface area contributed by atoms with Gasteiger partial charge >= 0.3 is 6.18 Å². The molecule has 2 rings (SSSR count). The second-order valence-electron chi connectivity index (χ2n) is 4.29. The Kier molecular flexibility index (Phi) is 4.84. The first-order valence-corrected chi connectivity index (χ1v) is 7.19. The lowest BCUT2D eigenvalue weighted by Gasteiger charge is -2.09. The molecule has 0 radical (unpaired) electrons. The molecule has 0 spiro atoms. The van der Waals surface area contributed by atoms with Crippen molar-refractivity contribution in [3.63, 3.8) is 0 Å². The fourth-order valence-corrected chi connectivity index (χ4v) is 2.65. The van der Waals surface area contributed by atoms with Crippen molar-refractivity contribution < 1.29 is 22.7 Å². The number of aryl methyl sites for hydroxylation is 1. The van der Waals surface area contributed by atoms with Crippen LogP contribution in [0.2, 0.25) is 0 Å². The SMILES string of the molecule is CCc1cncc(F)c1CSc1nc(O)cc(C(F)(F)F)n1. The zero-order chi connectivity index (χ0) is 16.3. The minimum Gasteiger partial charge on any atom is -0.493 e. The van der Waals surface area contributed by atoms with Gasteiger partial charge < -0.3 is 5.11 Å². The predicted octanol–water partition coefficient (Wildman–Crippen LogP) is 3.59. The number of nitrogens with zero attached hydrogens (tertiary/aromatic N) is 3. The molecule has 0 bridgehead atoms. The van der Waals surface area contributed by atoms with Crippen LogP contribution in [0.3, 0.4) is 0 Å². The summed E-state index contributed by atoms with van der Waals surface area (Å²) in [6, 6.07) is 0.439. The highest BCUT2D eigenvalue weighted by Gasteiger charge is 2.33. The molecule has 0 aliphatic rings. The van der Waals surface area contributed by atoms with Crippen molar-refractivity contribution in [2.45, 2.75) is 30.4 Å². The van der Waals surface area contributed by atoms with Gasteiger partial charge in [-0.1, -0.05) is 18.7 Å². The zero-order valence-corrected chi connectivity index (χ0v) is 12.2. The van der Waals surface area contributed by atoms with E-state index in [2.05, 4.69) is 15.0 Å². The van der Waals surface area contributed by atoms with Crippen LogP contribution in [0.25, 0.3) is 0 Å². The molecule has 2 heterocycles. The Morgan fingerprint density at radius 3 is 2.59 bits per heavy atom. The number of aromatic hydroxyl groups is 1. The molecule has 0 aliphatic heterocycles. The molecule has 22 heavy (non-hydrogen) atoms. The molecule has 118 valence electrons. The van der Waals surface area contributed by atoms with Crippen molar-refractivity contribution >= 4 is 11.8 Å². The topological polar surface area (TPSA) is 58.9 Å². The average molecular weight is 333 g/mol. The number of pyridine rings is 1. The lowest BCUT2D eigenvalue weighted by molar-refractivity contribution is -0.141. The molecule has 0 saturated heterocycles. The van der Waals surface area contributed by atoms with Crippen LogP contribution in [0, 0.1) is 5.82 Å². The molecule has 4 nitrogen and oxygen atoms in total. The third kappa shape index (κ3) is 3.85. The maximum atomic E-state index is 13.7. The number of hydrogen-bond donors (Lipinski definition) is 1. The van der Waals surface area contributed by atoms with E-state index in [9.17, 15) is 22.7 Å². The molecule has 0 atom stereocenters. The van der Waals surface area contributed by atoms with Gasteiger partial charge in [-0.05, 0) is 12.0 Å². The number of thioether (sulfide) groups is 1. The van der Waals surface area contributed by atoms with Gasteiger partial charge in [-0.25, -0.2) is 9.37 Å². The van der Waals surface area contributed by atoms with Crippen LogP contribution in [0.5, 0.6) is 5.88 Å². The lowest BCUT2D eigenvalue weighted by atomic mass is 10.1. The van der Waals surface area contributed by atoms with E-state index in [0.29, 0.717) is 23.6 Å². The van der Waals surface area contributed by atoms with E-state index in [-0.39, 0.29) is 10.9 Å². The molecule has 0 aliphatic carbocycles. The minimum absolute atomic E-state index is 0.0400. The largest absolute Gasteiger partial charge is 0.493 e. The molecule has 2 aromatic heterocycles. The Labute approximate surface area is 127 Å². The average Bonchev–Trinajstić information content (AvgIpc) is 2.44. The van der Waals surface area contributed by atoms with Crippen molar-refractivity contribution in [3.8, 4) is 5.88 Å². The van der Waals surface area contributed by atoms with Crippen molar-refractivity contribution in [2.75, 3.05) is 0 Å². The highest BCUT2D eigenvalue weighted by molar-refractivity contribution is 7.98. The normalized spacial score (nSPS) is 11.7. The first-order valence-electron chi connectivity index (χ1n) is 6.20. The van der Waals surface area contributed by atoms with Gasteiger partial charge in [-0.3, -0.25) is 4.98 Å². The molecule has 0 fully saturated rings. The van der Waals surface area contributed by atoms with Crippen LogP contribution >= 0.6 is 11.8 Å². The zero-order valence-electron chi connectivity index (χ0n) is 11.4. The van der Waals surface area contributed by atoms with E-state index in [1.165, 1.54) is 6.20 Å². The van der Waals surface area contributed by atoms with Crippen LogP contribution < -0.4 is 0 Å². The van der Waals surface area contributed by atoms with Gasteiger partial charge in [-0.2, -0.15) is 18.2 Å². The molecule has 0 amide bonds. The predicted molar refractivity (Wildman–Crippen MR) is 71.8 cm³/mol. The maximum Gasteiger partial charge on any atom is 0.433 e. The van der Waals surface area contributed by atoms with Crippen LogP contribution in [-0.4, -0.2) is 20.1 Å². The Balaban J connectivity index is 2.24. The van der Waals surface area contributed by atoms with Gasteiger partial charge in [0.25, 0.3) is 0 Å². The molecule has 1 N–H and O–H groups in total. The molecule has 0 unspecified atom stereocenters. The quantitative estimate of drug-likeness (QED) is 0.526. The molecular formula is C13H11F4N3OS. The number of rotatable bonds is 4. The molecular weight excluding hydrogens is 322 g/mol. The number of halogens is 4. The van der Waals surface area contributed by atoms with Crippen molar-refractivity contribution in [3.05, 3.63) is 41.1 Å². The van der Waals surface area contributed by atoms with Gasteiger partial charge in [-0.15, -0.1) is 0 Å². The minimum atomic E-state index is -4.69. The standard InChI is InChI=1S/C13H11F4N3OS/c1-2-7-4-18-5-9(14)8(7)6-22-12-19-10(13(15,16)17)3-11(21)20-12/h3-5H,2,6H2,1H3,(H,19,20,21). The molecule has 0 aromatic carbocycles. The first-order chi connectivity index (χ1) is 10.3. The van der Waals surface area contributed by atoms with Crippen LogP contribution in [0.4, 0.5) is 17.6 Å². The fourth-order valence-electron chi connectivity index (χ4n) is 1.73. The summed E-state index contributed by atoms with van der Waals surface area (Å²) in [5.74, 6) is -1.28. The highest BCUT2D eigenvalue weighted by atomic mass is 32.2. The summed E-state index contributed by atoms with van der Waals surface area (Å²) >= 11 is 0.812. The van der Waals surface area contributed by atoms with E-state index >= 15 is 0 Å². The van der Waals surface area contributed by atoms with E-state index in [1.54, 1.807) is 0 Å². The summed E-state index contributed by atoms with van der Waals surface area (Å²) in [6.07, 6.45) is -1.61. The smallest absolute Gasteiger partial charge is 0.433 e. The first kappa shape index (κ1) is 16.5. The van der Waals surface area contributed by atoms with Crippen LogP contribution in [-0.2, 0) is 18.3 Å². The van der Waals surface area contributed by atoms with E-state index < -0.39 is 23.6 Å². The monoisotopic (exact) mass is 333 g/mol. The summed E-state index contributed by atoms with van der Waals surface area (Å²) in [5, 5.41) is 8.99. The number of aromatic nitrogens is 3. The van der Waals surface area contributed by atoms with Crippen molar-refractivity contribution in [1.82, 2.24) is 15.0 Å². The Bertz CT molecular complexity index is 679. The Hall–Kier alpha value is -1.90. The Morgan fingerprint density at radius 2 is 1.95 bits per heavy atom. The van der Waals surface area contributed by atoms with Gasteiger partial charge in [0.1, 0.15) is 5.82 Å². The van der Waals surface area contributed by atoms with Gasteiger partial charge in [0.2, 0.25) is 5.88 Å².